The predicted octanol–water partition coefficient (Wildman–Crippen LogP) is 3.05. The summed E-state index contributed by atoms with van der Waals surface area (Å²) < 4.78 is 18.3. The van der Waals surface area contributed by atoms with Gasteiger partial charge in [-0.1, -0.05) is 0 Å². The van der Waals surface area contributed by atoms with E-state index < -0.39 is 0 Å². The number of methoxy groups -OCH3 is 2. The van der Waals surface area contributed by atoms with Crippen molar-refractivity contribution in [2.75, 3.05) is 14.2 Å². The third kappa shape index (κ3) is 3.28. The highest BCUT2D eigenvalue weighted by atomic mass is 16.7. The van der Waals surface area contributed by atoms with Crippen LogP contribution in [0.3, 0.4) is 0 Å². The number of fused-ring (bicyclic) bond motifs is 1. The van der Waals surface area contributed by atoms with Crippen molar-refractivity contribution in [3.63, 3.8) is 0 Å². The van der Waals surface area contributed by atoms with Gasteiger partial charge in [0.25, 0.3) is 0 Å². The van der Waals surface area contributed by atoms with Crippen molar-refractivity contribution in [1.29, 1.82) is 0 Å². The molecule has 0 fully saturated rings. The number of aromatic nitrogens is 1. The molecule has 1 aromatic heterocycles. The van der Waals surface area contributed by atoms with Crippen LogP contribution in [0.25, 0.3) is 10.9 Å². The zero-order chi connectivity index (χ0) is 13.8. The fourth-order valence-corrected chi connectivity index (χ4v) is 2.09. The molecule has 2 aromatic rings. The Morgan fingerprint density at radius 1 is 1.11 bits per heavy atom. The molecule has 19 heavy (non-hydrogen) atoms. The van der Waals surface area contributed by atoms with Gasteiger partial charge in [-0.15, -0.1) is 0 Å². The Kier molecular flexibility index (Phi) is 4.45. The van der Waals surface area contributed by atoms with Gasteiger partial charge in [-0.05, 0) is 38.1 Å². The second-order valence-electron chi connectivity index (χ2n) is 4.76. The van der Waals surface area contributed by atoms with Crippen LogP contribution in [0.4, 0.5) is 0 Å². The third-order valence-electron chi connectivity index (χ3n) is 2.99. The van der Waals surface area contributed by atoms with Crippen molar-refractivity contribution in [3.05, 3.63) is 30.5 Å². The van der Waals surface area contributed by atoms with Gasteiger partial charge in [0, 0.05) is 31.3 Å². The molecule has 0 bridgehead atoms. The van der Waals surface area contributed by atoms with Gasteiger partial charge in [0.2, 0.25) is 0 Å². The third-order valence-corrected chi connectivity index (χ3v) is 2.99. The lowest BCUT2D eigenvalue weighted by molar-refractivity contribution is -0.110. The summed E-state index contributed by atoms with van der Waals surface area (Å²) in [6, 6.07) is 8.19. The molecule has 1 heterocycles. The fraction of sp³-hybridized carbons (Fsp3) is 0.467. The molecule has 104 valence electrons. The van der Waals surface area contributed by atoms with Gasteiger partial charge in [0.1, 0.15) is 5.75 Å². The van der Waals surface area contributed by atoms with Crippen molar-refractivity contribution in [3.8, 4) is 5.75 Å². The van der Waals surface area contributed by atoms with Gasteiger partial charge in [-0.25, -0.2) is 0 Å². The minimum Gasteiger partial charge on any atom is -0.491 e. The summed E-state index contributed by atoms with van der Waals surface area (Å²) in [4.78, 5) is 0. The minimum absolute atomic E-state index is 0.186. The molecular weight excluding hydrogens is 242 g/mol. The average molecular weight is 263 g/mol. The number of benzene rings is 1. The summed E-state index contributed by atoms with van der Waals surface area (Å²) in [7, 11) is 3.29. The summed E-state index contributed by atoms with van der Waals surface area (Å²) in [6.45, 7) is 4.72. The van der Waals surface area contributed by atoms with E-state index in [1.165, 1.54) is 0 Å². The van der Waals surface area contributed by atoms with Gasteiger partial charge >= 0.3 is 0 Å². The van der Waals surface area contributed by atoms with Crippen molar-refractivity contribution >= 4 is 10.9 Å². The monoisotopic (exact) mass is 263 g/mol. The lowest BCUT2D eigenvalue weighted by Crippen LogP contribution is -2.19. The van der Waals surface area contributed by atoms with Crippen LogP contribution in [0.2, 0.25) is 0 Å². The lowest BCUT2D eigenvalue weighted by Gasteiger charge is -2.15. The van der Waals surface area contributed by atoms with Crippen LogP contribution < -0.4 is 4.74 Å². The van der Waals surface area contributed by atoms with Crippen LogP contribution >= 0.6 is 0 Å². The van der Waals surface area contributed by atoms with E-state index in [0.717, 1.165) is 16.7 Å². The Balaban J connectivity index is 2.24. The second kappa shape index (κ2) is 6.08. The summed E-state index contributed by atoms with van der Waals surface area (Å²) in [5.74, 6) is 0.898. The number of rotatable bonds is 6. The first-order valence-corrected chi connectivity index (χ1v) is 6.45. The molecule has 0 saturated heterocycles. The lowest BCUT2D eigenvalue weighted by atomic mass is 10.2. The fourth-order valence-electron chi connectivity index (χ4n) is 2.09. The maximum absolute atomic E-state index is 5.70. The average Bonchev–Trinajstić information content (AvgIpc) is 2.77. The molecule has 0 N–H and O–H groups in total. The molecule has 0 aliphatic rings. The molecule has 0 radical (unpaired) electrons. The molecule has 0 aliphatic carbocycles. The maximum Gasteiger partial charge on any atom is 0.174 e. The Morgan fingerprint density at radius 3 is 2.47 bits per heavy atom. The molecule has 0 saturated carbocycles. The molecule has 0 unspecified atom stereocenters. The van der Waals surface area contributed by atoms with E-state index in [0.29, 0.717) is 6.54 Å². The van der Waals surface area contributed by atoms with Crippen LogP contribution in [-0.2, 0) is 16.0 Å². The van der Waals surface area contributed by atoms with E-state index in [1.807, 2.05) is 26.1 Å². The van der Waals surface area contributed by atoms with E-state index in [-0.39, 0.29) is 12.4 Å². The zero-order valence-electron chi connectivity index (χ0n) is 11.9. The number of hydrogen-bond acceptors (Lipinski definition) is 3. The molecule has 1 aromatic carbocycles. The van der Waals surface area contributed by atoms with Crippen molar-refractivity contribution in [1.82, 2.24) is 4.57 Å². The molecule has 2 rings (SSSR count). The number of ether oxygens (including phenoxy) is 3. The number of hydrogen-bond donors (Lipinski definition) is 0. The van der Waals surface area contributed by atoms with Crippen LogP contribution in [-0.4, -0.2) is 31.2 Å². The topological polar surface area (TPSA) is 32.6 Å². The van der Waals surface area contributed by atoms with E-state index >= 15 is 0 Å². The van der Waals surface area contributed by atoms with Crippen molar-refractivity contribution in [2.24, 2.45) is 0 Å². The maximum atomic E-state index is 5.70. The van der Waals surface area contributed by atoms with Crippen molar-refractivity contribution in [2.45, 2.75) is 32.8 Å². The van der Waals surface area contributed by atoms with Crippen LogP contribution in [0.1, 0.15) is 13.8 Å². The predicted molar refractivity (Wildman–Crippen MR) is 75.5 cm³/mol. The molecular formula is C15H21NO3. The highest BCUT2D eigenvalue weighted by molar-refractivity contribution is 5.81. The summed E-state index contributed by atoms with van der Waals surface area (Å²) in [5, 5.41) is 1.16. The summed E-state index contributed by atoms with van der Waals surface area (Å²) >= 11 is 0. The summed E-state index contributed by atoms with van der Waals surface area (Å²) in [6.07, 6.45) is 1.99. The molecule has 0 amide bonds. The SMILES string of the molecule is COC(Cn1ccc2cc(OC(C)C)ccc21)OC. The Hall–Kier alpha value is -1.52. The Morgan fingerprint density at radius 2 is 1.84 bits per heavy atom. The minimum atomic E-state index is -0.234. The van der Waals surface area contributed by atoms with E-state index in [2.05, 4.69) is 22.8 Å². The van der Waals surface area contributed by atoms with Crippen LogP contribution in [0.5, 0.6) is 5.75 Å². The van der Waals surface area contributed by atoms with E-state index in [1.54, 1.807) is 14.2 Å². The molecule has 0 aliphatic heterocycles. The second-order valence-corrected chi connectivity index (χ2v) is 4.76. The van der Waals surface area contributed by atoms with Gasteiger partial charge in [-0.2, -0.15) is 0 Å². The largest absolute Gasteiger partial charge is 0.491 e. The summed E-state index contributed by atoms with van der Waals surface area (Å²) in [5.41, 5.74) is 1.15. The zero-order valence-corrected chi connectivity index (χ0v) is 11.9. The van der Waals surface area contributed by atoms with Gasteiger partial charge < -0.3 is 18.8 Å². The molecule has 0 spiro atoms. The molecule has 4 nitrogen and oxygen atoms in total. The van der Waals surface area contributed by atoms with Crippen LogP contribution in [0, 0.1) is 0 Å². The van der Waals surface area contributed by atoms with Gasteiger partial charge in [0.05, 0.1) is 12.6 Å². The normalized spacial score (nSPS) is 11.7. The van der Waals surface area contributed by atoms with Crippen molar-refractivity contribution < 1.29 is 14.2 Å². The Bertz CT molecular complexity index is 529. The first-order chi connectivity index (χ1) is 9.13. The quantitative estimate of drug-likeness (QED) is 0.751. The number of nitrogens with zero attached hydrogens (tertiary/aromatic N) is 1. The highest BCUT2D eigenvalue weighted by Crippen LogP contribution is 2.23. The standard InChI is InChI=1S/C15H21NO3/c1-11(2)19-13-5-6-14-12(9-13)7-8-16(14)10-15(17-3)18-4/h5-9,11,15H,10H2,1-4H3. The van der Waals surface area contributed by atoms with Crippen LogP contribution in [0.15, 0.2) is 30.5 Å². The Labute approximate surface area is 113 Å². The van der Waals surface area contributed by atoms with E-state index in [4.69, 9.17) is 14.2 Å². The van der Waals surface area contributed by atoms with E-state index in [9.17, 15) is 0 Å². The highest BCUT2D eigenvalue weighted by Gasteiger charge is 2.09. The molecule has 0 atom stereocenters. The first kappa shape index (κ1) is 13.9. The smallest absolute Gasteiger partial charge is 0.174 e. The van der Waals surface area contributed by atoms with Gasteiger partial charge in [0.15, 0.2) is 6.29 Å². The molecule has 4 heteroatoms. The first-order valence-electron chi connectivity index (χ1n) is 6.45. The van der Waals surface area contributed by atoms with Gasteiger partial charge in [-0.3, -0.25) is 0 Å².